The maximum atomic E-state index is 14.1. The summed E-state index contributed by atoms with van der Waals surface area (Å²) in [6, 6.07) is 22.3. The summed E-state index contributed by atoms with van der Waals surface area (Å²) in [4.78, 5) is 64.7. The van der Waals surface area contributed by atoms with Gasteiger partial charge < -0.3 is 19.7 Å². The number of unbranched alkanes of at least 4 members (excludes halogenated alkanes) is 1. The van der Waals surface area contributed by atoms with Crippen LogP contribution in [0.4, 0.5) is 38.1 Å². The number of aliphatic carboxylic acids is 1. The number of carboxylic acids is 1. The van der Waals surface area contributed by atoms with E-state index in [2.05, 4.69) is 36.7 Å². The van der Waals surface area contributed by atoms with Gasteiger partial charge >= 0.3 is 18.2 Å². The van der Waals surface area contributed by atoms with Gasteiger partial charge in [-0.1, -0.05) is 89.7 Å². The highest BCUT2D eigenvalue weighted by atomic mass is 35.5. The number of aliphatic hydroxyl groups excluding tert-OH is 1. The van der Waals surface area contributed by atoms with E-state index in [0.717, 1.165) is 39.3 Å². The van der Waals surface area contributed by atoms with Gasteiger partial charge in [-0.25, -0.2) is 43.0 Å². The van der Waals surface area contributed by atoms with Gasteiger partial charge in [0.05, 0.1) is 17.1 Å². The molecule has 4 aromatic carbocycles. The number of fused-ring (bicyclic) bond motifs is 1. The Morgan fingerprint density at radius 1 is 0.699 bits per heavy atom. The lowest BCUT2D eigenvalue weighted by Gasteiger charge is -2.31. The first-order chi connectivity index (χ1) is 35.0. The molecule has 0 spiro atoms. The zero-order chi connectivity index (χ0) is 52.9. The van der Waals surface area contributed by atoms with E-state index in [1.54, 1.807) is 36.5 Å². The lowest BCUT2D eigenvalue weighted by molar-refractivity contribution is -0.138. The number of ether oxygens (including phenoxy) is 2. The number of hydrazine groups is 2. The molecule has 0 saturated heterocycles. The van der Waals surface area contributed by atoms with E-state index < -0.39 is 65.3 Å². The number of anilines is 2. The van der Waals surface area contributed by atoms with Gasteiger partial charge in [0.1, 0.15) is 19.0 Å². The normalized spacial score (nSPS) is 11.7. The second-order valence-corrected chi connectivity index (χ2v) is 17.3. The fourth-order valence-electron chi connectivity index (χ4n) is 7.04. The van der Waals surface area contributed by atoms with E-state index in [4.69, 9.17) is 31.3 Å². The first-order valence-corrected chi connectivity index (χ1v) is 23.8. The van der Waals surface area contributed by atoms with Crippen LogP contribution >= 0.6 is 22.9 Å². The average Bonchev–Trinajstić information content (AvgIpc) is 3.82. The molecule has 2 aromatic heterocycles. The van der Waals surface area contributed by atoms with Crippen LogP contribution in [0.3, 0.4) is 0 Å². The Bertz CT molecular complexity index is 2830. The predicted octanol–water partition coefficient (Wildman–Crippen LogP) is 9.01. The third-order valence-electron chi connectivity index (χ3n) is 10.6. The predicted molar refractivity (Wildman–Crippen MR) is 263 cm³/mol. The molecule has 0 radical (unpaired) electrons. The van der Waals surface area contributed by atoms with Crippen LogP contribution in [-0.4, -0.2) is 97.3 Å². The van der Waals surface area contributed by atoms with Crippen molar-refractivity contribution in [3.63, 3.8) is 0 Å². The lowest BCUT2D eigenvalue weighted by Crippen LogP contribution is -2.50. The summed E-state index contributed by atoms with van der Waals surface area (Å²) < 4.78 is 65.8. The molecule has 2 heterocycles. The molecule has 4 amide bonds. The molecule has 73 heavy (non-hydrogen) atoms. The minimum atomic E-state index is -1.06. The minimum Gasteiger partial charge on any atom is -0.481 e. The zero-order valence-electron chi connectivity index (χ0n) is 39.5. The quantitative estimate of drug-likeness (QED) is 0.0200. The molecule has 388 valence electrons. The number of carboxylic acid groups (broad SMARTS) is 1. The van der Waals surface area contributed by atoms with Gasteiger partial charge in [-0.05, 0) is 61.8 Å². The Kier molecular flexibility index (Phi) is 22.2. The third kappa shape index (κ3) is 17.7. The number of aromatic nitrogens is 3. The second kappa shape index (κ2) is 28.7. The van der Waals surface area contributed by atoms with Crippen LogP contribution in [0, 0.1) is 23.3 Å². The lowest BCUT2D eigenvalue weighted by atomic mass is 10.1. The van der Waals surface area contributed by atoms with Crippen LogP contribution in [0.5, 0.6) is 0 Å². The molecule has 0 aliphatic rings. The van der Waals surface area contributed by atoms with Gasteiger partial charge in [-0.15, -0.1) is 10.2 Å². The van der Waals surface area contributed by atoms with Gasteiger partial charge in [-0.3, -0.25) is 35.0 Å². The molecule has 0 bridgehead atoms. The number of rotatable bonds is 23. The molecular formula is C49H52ClF4N9O9S. The first kappa shape index (κ1) is 56.6. The summed E-state index contributed by atoms with van der Waals surface area (Å²) >= 11 is 7.24. The number of carbonyl (C=O) groups is 5. The Hall–Kier alpha value is -7.31. The number of nitrogens with one attached hydrogen (secondary N) is 4. The van der Waals surface area contributed by atoms with Crippen molar-refractivity contribution < 1.29 is 61.2 Å². The summed E-state index contributed by atoms with van der Waals surface area (Å²) in [5.74, 6) is -5.69. The summed E-state index contributed by atoms with van der Waals surface area (Å²) in [6.07, 6.45) is 1.59. The fraction of sp³-hybridized carbons (Fsp3) is 0.306. The molecule has 0 aliphatic heterocycles. The van der Waals surface area contributed by atoms with Gasteiger partial charge in [0.15, 0.2) is 28.3 Å². The van der Waals surface area contributed by atoms with Crippen LogP contribution in [0.1, 0.15) is 63.5 Å². The highest BCUT2D eigenvalue weighted by Crippen LogP contribution is 2.32. The molecule has 0 unspecified atom stereocenters. The van der Waals surface area contributed by atoms with Gasteiger partial charge in [0.2, 0.25) is 16.9 Å². The SMILES string of the molecule is CC(=O)N(NCc1cccc(F)c1F)[C@@H](CCCC(=O)O)COC(=O)Nc1nnc(-c2ccccc2Cl)s1.CC(=O)N(NCc1cccc(F)c1F)[C@H](CCCCO)COC(=O)Nc1cc2ccccc2cn1. The second-order valence-electron chi connectivity index (χ2n) is 15.9. The highest BCUT2D eigenvalue weighted by Gasteiger charge is 2.26. The van der Waals surface area contributed by atoms with Crippen molar-refractivity contribution >= 4 is 74.6 Å². The number of amides is 4. The van der Waals surface area contributed by atoms with Crippen LogP contribution in [-0.2, 0) is 36.9 Å². The number of hydrogen-bond donors (Lipinski definition) is 6. The Morgan fingerprint density at radius 3 is 1.81 bits per heavy atom. The summed E-state index contributed by atoms with van der Waals surface area (Å²) in [5, 5.41) is 36.3. The topological polar surface area (TPSA) is 238 Å². The number of carbonyl (C=O) groups excluding carboxylic acids is 4. The summed E-state index contributed by atoms with van der Waals surface area (Å²) in [6.45, 7) is 1.66. The van der Waals surface area contributed by atoms with E-state index in [1.807, 2.05) is 24.3 Å². The number of aliphatic hydroxyl groups is 1. The van der Waals surface area contributed by atoms with Crippen molar-refractivity contribution in [2.24, 2.45) is 0 Å². The number of hydrogen-bond acceptors (Lipinski definition) is 14. The van der Waals surface area contributed by atoms with Crippen molar-refractivity contribution in [2.75, 3.05) is 30.5 Å². The van der Waals surface area contributed by atoms with Crippen LogP contribution in [0.2, 0.25) is 5.02 Å². The van der Waals surface area contributed by atoms with E-state index in [1.165, 1.54) is 43.1 Å². The summed E-state index contributed by atoms with van der Waals surface area (Å²) in [7, 11) is 0. The zero-order valence-corrected chi connectivity index (χ0v) is 41.0. The molecule has 18 nitrogen and oxygen atoms in total. The average molecular weight is 1050 g/mol. The largest absolute Gasteiger partial charge is 0.481 e. The third-order valence-corrected chi connectivity index (χ3v) is 11.8. The molecule has 0 saturated carbocycles. The van der Waals surface area contributed by atoms with Crippen molar-refractivity contribution in [2.45, 2.75) is 77.5 Å². The molecular weight excluding hydrogens is 1000 g/mol. The molecule has 0 fully saturated rings. The van der Waals surface area contributed by atoms with E-state index in [-0.39, 0.29) is 68.4 Å². The van der Waals surface area contributed by atoms with Gasteiger partial charge in [-0.2, -0.15) is 0 Å². The number of nitrogens with zero attached hydrogens (tertiary/aromatic N) is 5. The van der Waals surface area contributed by atoms with Gasteiger partial charge in [0.25, 0.3) is 0 Å². The Labute approximate surface area is 425 Å². The molecule has 2 atom stereocenters. The van der Waals surface area contributed by atoms with E-state index in [9.17, 15) is 41.5 Å². The number of halogens is 5. The molecule has 0 aliphatic carbocycles. The smallest absolute Gasteiger partial charge is 0.413 e. The molecule has 6 N–H and O–H groups in total. The summed E-state index contributed by atoms with van der Waals surface area (Å²) in [5.41, 5.74) is 6.21. The minimum absolute atomic E-state index is 0.0233. The van der Waals surface area contributed by atoms with Crippen molar-refractivity contribution in [3.05, 3.63) is 137 Å². The van der Waals surface area contributed by atoms with E-state index in [0.29, 0.717) is 40.7 Å². The number of pyridine rings is 1. The van der Waals surface area contributed by atoms with Crippen molar-refractivity contribution in [3.8, 4) is 10.6 Å². The first-order valence-electron chi connectivity index (χ1n) is 22.6. The fourth-order valence-corrected chi connectivity index (χ4v) is 8.09. The number of benzene rings is 4. The van der Waals surface area contributed by atoms with Crippen LogP contribution in [0.25, 0.3) is 21.3 Å². The van der Waals surface area contributed by atoms with Crippen molar-refractivity contribution in [1.82, 2.24) is 36.1 Å². The maximum absolute atomic E-state index is 14.1. The maximum Gasteiger partial charge on any atom is 0.413 e. The Balaban J connectivity index is 0.000000272. The van der Waals surface area contributed by atoms with E-state index >= 15 is 0 Å². The Morgan fingerprint density at radius 2 is 1.25 bits per heavy atom. The molecule has 6 rings (SSSR count). The van der Waals surface area contributed by atoms with Gasteiger partial charge in [0, 0.05) is 68.2 Å². The molecule has 6 aromatic rings. The van der Waals surface area contributed by atoms with Crippen LogP contribution in [0.15, 0.2) is 97.2 Å². The molecule has 24 heteroatoms. The van der Waals surface area contributed by atoms with Crippen molar-refractivity contribution in [1.29, 1.82) is 0 Å². The standard InChI is InChI=1S/C25H28F2N4O4.C24H24ClF2N5O5S/c1-17(33)31(29-15-20-9-6-11-22(26)24(20)27)21(10-4-5-12-32)16-35-25(34)30-23-13-18-7-2-3-8-19(18)14-28-23;1-14(33)32(28-12-15-6-4-10-19(26)21(15)27)16(7-5-11-20(34)35)13-37-24(36)29-23-31-30-22(38-23)17-8-2-3-9-18(17)25/h2-3,6-9,11,13-14,21,29,32H,4-5,10,12,15-16H2,1H3,(H,28,30,34);2-4,6,8-10,16,28H,5,7,11-13H2,1H3,(H,34,35)(H,29,31,36)/t21-;16-/m10/s1. The highest BCUT2D eigenvalue weighted by molar-refractivity contribution is 7.18. The monoisotopic (exact) mass is 1050 g/mol. The van der Waals surface area contributed by atoms with Crippen LogP contribution < -0.4 is 21.5 Å².